The molecule has 0 fully saturated rings. The highest BCUT2D eigenvalue weighted by Crippen LogP contribution is 2.17. The average molecular weight is 156 g/mol. The van der Waals surface area contributed by atoms with Crippen LogP contribution in [0.4, 0.5) is 5.69 Å². The van der Waals surface area contributed by atoms with Gasteiger partial charge in [-0.05, 0) is 24.6 Å². The molecule has 12 heavy (non-hydrogen) atoms. The van der Waals surface area contributed by atoms with Crippen molar-refractivity contribution in [2.24, 2.45) is 0 Å². The fourth-order valence-electron chi connectivity index (χ4n) is 0.982. The molecule has 0 aliphatic rings. The van der Waals surface area contributed by atoms with Crippen molar-refractivity contribution in [3.05, 3.63) is 28.8 Å². The smallest absolute Gasteiger partial charge is 0.0992 e. The van der Waals surface area contributed by atoms with E-state index in [1.165, 1.54) is 0 Å². The largest absolute Gasteiger partial charge is 0.398 e. The minimum absolute atomic E-state index is 0.551. The molecule has 2 N–H and O–H groups in total. The van der Waals surface area contributed by atoms with Crippen LogP contribution in [0.5, 0.6) is 0 Å². The van der Waals surface area contributed by atoms with Crippen molar-refractivity contribution in [2.75, 3.05) is 5.73 Å². The zero-order valence-electron chi connectivity index (χ0n) is 6.76. The van der Waals surface area contributed by atoms with E-state index in [1.54, 1.807) is 12.1 Å². The van der Waals surface area contributed by atoms with Crippen LogP contribution in [0.3, 0.4) is 0 Å². The number of aryl methyl sites for hydroxylation is 1. The highest BCUT2D eigenvalue weighted by atomic mass is 14.6. The van der Waals surface area contributed by atoms with Crippen LogP contribution >= 0.6 is 0 Å². The lowest BCUT2D eigenvalue weighted by molar-refractivity contribution is 1.41. The maximum absolute atomic E-state index is 8.61. The molecule has 1 rings (SSSR count). The number of rotatable bonds is 0. The zero-order valence-corrected chi connectivity index (χ0v) is 6.76. The Balaban J connectivity index is 3.44. The van der Waals surface area contributed by atoms with E-state index in [0.29, 0.717) is 16.8 Å². The second-order valence-corrected chi connectivity index (χ2v) is 2.51. The molecule has 0 radical (unpaired) electrons. The highest BCUT2D eigenvalue weighted by molar-refractivity contribution is 5.62. The second kappa shape index (κ2) is 2.98. The van der Waals surface area contributed by atoms with Gasteiger partial charge in [-0.1, -0.05) is 5.92 Å². The summed E-state index contributed by atoms with van der Waals surface area (Å²) in [5, 5.41) is 8.61. The van der Waals surface area contributed by atoms with Gasteiger partial charge in [0, 0.05) is 5.56 Å². The van der Waals surface area contributed by atoms with Crippen LogP contribution in [0.1, 0.15) is 16.7 Å². The Morgan fingerprint density at radius 2 is 2.17 bits per heavy atom. The lowest BCUT2D eigenvalue weighted by Crippen LogP contribution is -1.95. The first-order chi connectivity index (χ1) is 5.69. The van der Waals surface area contributed by atoms with Crippen LogP contribution in [-0.2, 0) is 0 Å². The van der Waals surface area contributed by atoms with E-state index >= 15 is 0 Å². The second-order valence-electron chi connectivity index (χ2n) is 2.51. The molecule has 1 aromatic carbocycles. The van der Waals surface area contributed by atoms with E-state index in [-0.39, 0.29) is 0 Å². The molecular formula is C10H8N2. The Labute approximate surface area is 71.6 Å². The summed E-state index contributed by atoms with van der Waals surface area (Å²) in [5.74, 6) is 2.43. The minimum atomic E-state index is 0.551. The highest BCUT2D eigenvalue weighted by Gasteiger charge is 2.01. The molecule has 0 unspecified atom stereocenters. The number of hydrogen-bond acceptors (Lipinski definition) is 2. The van der Waals surface area contributed by atoms with E-state index in [0.717, 1.165) is 5.56 Å². The van der Waals surface area contributed by atoms with E-state index in [1.807, 2.05) is 13.0 Å². The predicted molar refractivity (Wildman–Crippen MR) is 48.2 cm³/mol. The summed E-state index contributed by atoms with van der Waals surface area (Å²) in [6.45, 7) is 1.83. The van der Waals surface area contributed by atoms with Crippen LogP contribution in [0.25, 0.3) is 0 Å². The molecule has 0 aromatic heterocycles. The summed E-state index contributed by atoms with van der Waals surface area (Å²) in [4.78, 5) is 0. The van der Waals surface area contributed by atoms with Gasteiger partial charge in [0.2, 0.25) is 0 Å². The molecule has 0 aliphatic carbocycles. The normalized spacial score (nSPS) is 8.58. The fraction of sp³-hybridized carbons (Fsp3) is 0.100. The molecule has 0 spiro atoms. The van der Waals surface area contributed by atoms with E-state index in [2.05, 4.69) is 5.92 Å². The molecule has 0 heterocycles. The van der Waals surface area contributed by atoms with Gasteiger partial charge in [-0.2, -0.15) is 5.26 Å². The molecule has 58 valence electrons. The Kier molecular flexibility index (Phi) is 2.03. The van der Waals surface area contributed by atoms with Gasteiger partial charge in [0.05, 0.1) is 17.3 Å². The molecule has 0 amide bonds. The summed E-state index contributed by atoms with van der Waals surface area (Å²) in [6, 6.07) is 5.35. The Bertz CT molecular complexity index is 392. The predicted octanol–water partition coefficient (Wildman–Crippen LogP) is 1.43. The number of terminal acetylenes is 1. The van der Waals surface area contributed by atoms with Gasteiger partial charge < -0.3 is 5.73 Å². The minimum Gasteiger partial charge on any atom is -0.398 e. The standard InChI is InChI=1S/C10H8N2/c1-3-9-5-8(6-11)4-7(2)10(9)12/h1,4-5H,12H2,2H3. The van der Waals surface area contributed by atoms with Crippen LogP contribution in [0, 0.1) is 30.6 Å². The van der Waals surface area contributed by atoms with Crippen molar-refractivity contribution in [3.8, 4) is 18.4 Å². The molecule has 1 aromatic rings. The maximum Gasteiger partial charge on any atom is 0.0992 e. The third-order valence-corrected chi connectivity index (χ3v) is 1.67. The lowest BCUT2D eigenvalue weighted by Gasteiger charge is -2.02. The number of nitrogen functional groups attached to an aromatic ring is 1. The molecule has 0 saturated carbocycles. The van der Waals surface area contributed by atoms with Gasteiger partial charge in [0.25, 0.3) is 0 Å². The first-order valence-corrected chi connectivity index (χ1v) is 3.46. The Morgan fingerprint density at radius 1 is 1.50 bits per heavy atom. The molecule has 0 atom stereocenters. The van der Waals surface area contributed by atoms with Gasteiger partial charge in [-0.3, -0.25) is 0 Å². The third kappa shape index (κ3) is 1.24. The van der Waals surface area contributed by atoms with Crippen molar-refractivity contribution in [1.29, 1.82) is 5.26 Å². The van der Waals surface area contributed by atoms with Crippen molar-refractivity contribution in [1.82, 2.24) is 0 Å². The lowest BCUT2D eigenvalue weighted by atomic mass is 10.1. The average Bonchev–Trinajstić information content (AvgIpc) is 2.09. The van der Waals surface area contributed by atoms with E-state index in [4.69, 9.17) is 17.4 Å². The van der Waals surface area contributed by atoms with Crippen molar-refractivity contribution in [3.63, 3.8) is 0 Å². The molecule has 0 bridgehead atoms. The van der Waals surface area contributed by atoms with Crippen LogP contribution in [0.2, 0.25) is 0 Å². The zero-order chi connectivity index (χ0) is 9.14. The van der Waals surface area contributed by atoms with Gasteiger partial charge in [0.15, 0.2) is 0 Å². The van der Waals surface area contributed by atoms with E-state index in [9.17, 15) is 0 Å². The van der Waals surface area contributed by atoms with Crippen LogP contribution < -0.4 is 5.73 Å². The number of benzene rings is 1. The van der Waals surface area contributed by atoms with Gasteiger partial charge in [0.1, 0.15) is 0 Å². The van der Waals surface area contributed by atoms with Gasteiger partial charge in [-0.25, -0.2) is 0 Å². The summed E-state index contributed by atoms with van der Waals surface area (Å²) in [7, 11) is 0. The van der Waals surface area contributed by atoms with E-state index < -0.39 is 0 Å². The topological polar surface area (TPSA) is 49.8 Å². The number of nitrogens with two attached hydrogens (primary N) is 1. The Morgan fingerprint density at radius 3 is 2.67 bits per heavy atom. The van der Waals surface area contributed by atoms with Crippen molar-refractivity contribution in [2.45, 2.75) is 6.92 Å². The maximum atomic E-state index is 8.61. The van der Waals surface area contributed by atoms with Crippen LogP contribution in [-0.4, -0.2) is 0 Å². The first kappa shape index (κ1) is 8.17. The van der Waals surface area contributed by atoms with Gasteiger partial charge >= 0.3 is 0 Å². The number of nitriles is 1. The number of anilines is 1. The molecule has 2 nitrogen and oxygen atoms in total. The number of hydrogen-bond donors (Lipinski definition) is 1. The molecule has 0 saturated heterocycles. The summed E-state index contributed by atoms with van der Waals surface area (Å²) in [5.41, 5.74) is 8.23. The quantitative estimate of drug-likeness (QED) is 0.456. The molecule has 0 aliphatic heterocycles. The van der Waals surface area contributed by atoms with Gasteiger partial charge in [-0.15, -0.1) is 6.42 Å². The summed E-state index contributed by atoms with van der Waals surface area (Å²) in [6.07, 6.45) is 5.20. The summed E-state index contributed by atoms with van der Waals surface area (Å²) < 4.78 is 0. The molecule has 2 heteroatoms. The van der Waals surface area contributed by atoms with Crippen LogP contribution in [0.15, 0.2) is 12.1 Å². The monoisotopic (exact) mass is 156 g/mol. The third-order valence-electron chi connectivity index (χ3n) is 1.67. The summed E-state index contributed by atoms with van der Waals surface area (Å²) >= 11 is 0. The molecular weight excluding hydrogens is 148 g/mol. The Hall–Kier alpha value is -1.93. The fourth-order valence-corrected chi connectivity index (χ4v) is 0.982. The first-order valence-electron chi connectivity index (χ1n) is 3.46. The SMILES string of the molecule is C#Cc1cc(C#N)cc(C)c1N. The van der Waals surface area contributed by atoms with Crippen molar-refractivity contribution >= 4 is 5.69 Å². The number of nitrogens with zero attached hydrogens (tertiary/aromatic N) is 1. The van der Waals surface area contributed by atoms with Crippen molar-refractivity contribution < 1.29 is 0 Å².